The maximum atomic E-state index is 12.1. The molecule has 0 saturated heterocycles. The number of rotatable bonds is 2. The van der Waals surface area contributed by atoms with E-state index in [0.717, 1.165) is 16.6 Å². The van der Waals surface area contributed by atoms with Crippen molar-refractivity contribution >= 4 is 28.4 Å². The molecule has 0 atom stereocenters. The van der Waals surface area contributed by atoms with Gasteiger partial charge in [-0.05, 0) is 32.9 Å². The van der Waals surface area contributed by atoms with Crippen LogP contribution in [0.1, 0.15) is 29.9 Å². The molecule has 90 valence electrons. The fourth-order valence-electron chi connectivity index (χ4n) is 1.95. The van der Waals surface area contributed by atoms with Gasteiger partial charge in [-0.3, -0.25) is 4.79 Å². The monoisotopic (exact) mass is 250 g/mol. The first kappa shape index (κ1) is 12.0. The zero-order valence-electron chi connectivity index (χ0n) is 10.1. The van der Waals surface area contributed by atoms with E-state index in [0.29, 0.717) is 10.6 Å². The number of H-pyrrole nitrogens is 1. The van der Waals surface area contributed by atoms with Gasteiger partial charge in [0.25, 0.3) is 5.91 Å². The van der Waals surface area contributed by atoms with Crippen LogP contribution in [0.2, 0.25) is 5.02 Å². The Morgan fingerprint density at radius 1 is 1.41 bits per heavy atom. The Morgan fingerprint density at radius 3 is 2.76 bits per heavy atom. The second-order valence-electron chi connectivity index (χ2n) is 4.42. The van der Waals surface area contributed by atoms with E-state index in [1.807, 2.05) is 32.9 Å². The summed E-state index contributed by atoms with van der Waals surface area (Å²) in [5.74, 6) is -0.0862. The Balaban J connectivity index is 2.60. The maximum absolute atomic E-state index is 12.1. The van der Waals surface area contributed by atoms with Gasteiger partial charge in [0.2, 0.25) is 0 Å². The van der Waals surface area contributed by atoms with Crippen LogP contribution in [0.15, 0.2) is 18.2 Å². The van der Waals surface area contributed by atoms with Crippen LogP contribution in [0.3, 0.4) is 0 Å². The molecule has 4 heteroatoms. The normalized spacial score (nSPS) is 11.1. The van der Waals surface area contributed by atoms with Crippen molar-refractivity contribution in [3.8, 4) is 0 Å². The van der Waals surface area contributed by atoms with Gasteiger partial charge >= 0.3 is 0 Å². The van der Waals surface area contributed by atoms with Crippen molar-refractivity contribution in [2.24, 2.45) is 0 Å². The van der Waals surface area contributed by atoms with E-state index in [1.165, 1.54) is 0 Å². The van der Waals surface area contributed by atoms with Crippen molar-refractivity contribution in [2.45, 2.75) is 26.8 Å². The molecule has 1 amide bonds. The number of benzene rings is 1. The molecule has 1 heterocycles. The molecule has 0 fully saturated rings. The number of aromatic amines is 1. The molecule has 1 aromatic heterocycles. The van der Waals surface area contributed by atoms with Crippen molar-refractivity contribution in [1.82, 2.24) is 10.3 Å². The van der Waals surface area contributed by atoms with Gasteiger partial charge in [0.05, 0.1) is 10.6 Å². The number of halogens is 1. The average molecular weight is 251 g/mol. The van der Waals surface area contributed by atoms with Crippen molar-refractivity contribution in [3.63, 3.8) is 0 Å². The first-order valence-corrected chi connectivity index (χ1v) is 5.96. The Hall–Kier alpha value is -1.48. The van der Waals surface area contributed by atoms with E-state index < -0.39 is 0 Å². The zero-order valence-corrected chi connectivity index (χ0v) is 10.9. The first-order chi connectivity index (χ1) is 8.00. The minimum atomic E-state index is -0.0862. The van der Waals surface area contributed by atoms with E-state index in [4.69, 9.17) is 11.6 Å². The minimum Gasteiger partial charge on any atom is -0.358 e. The van der Waals surface area contributed by atoms with Gasteiger partial charge in [-0.1, -0.05) is 17.7 Å². The second-order valence-corrected chi connectivity index (χ2v) is 4.82. The summed E-state index contributed by atoms with van der Waals surface area (Å²) in [7, 11) is 0. The van der Waals surface area contributed by atoms with Crippen molar-refractivity contribution in [1.29, 1.82) is 0 Å². The third kappa shape index (κ3) is 2.15. The zero-order chi connectivity index (χ0) is 12.6. The third-order valence-electron chi connectivity index (χ3n) is 2.61. The molecule has 0 aliphatic carbocycles. The van der Waals surface area contributed by atoms with Gasteiger partial charge in [-0.15, -0.1) is 0 Å². The fraction of sp³-hybridized carbons (Fsp3) is 0.308. The number of hydrogen-bond acceptors (Lipinski definition) is 1. The van der Waals surface area contributed by atoms with Crippen molar-refractivity contribution < 1.29 is 4.79 Å². The van der Waals surface area contributed by atoms with E-state index >= 15 is 0 Å². The summed E-state index contributed by atoms with van der Waals surface area (Å²) in [6.45, 7) is 5.75. The number of carbonyl (C=O) groups is 1. The Kier molecular flexibility index (Phi) is 3.11. The lowest BCUT2D eigenvalue weighted by Crippen LogP contribution is -2.30. The summed E-state index contributed by atoms with van der Waals surface area (Å²) in [4.78, 5) is 15.3. The highest BCUT2D eigenvalue weighted by Gasteiger charge is 2.18. The van der Waals surface area contributed by atoms with Crippen LogP contribution < -0.4 is 5.32 Å². The molecule has 0 bridgehead atoms. The second kappa shape index (κ2) is 4.41. The average Bonchev–Trinajstić information content (AvgIpc) is 2.54. The van der Waals surface area contributed by atoms with Crippen LogP contribution in [0.25, 0.3) is 10.9 Å². The molecule has 0 spiro atoms. The van der Waals surface area contributed by atoms with E-state index in [1.54, 1.807) is 6.07 Å². The van der Waals surface area contributed by atoms with Gasteiger partial charge in [0.1, 0.15) is 0 Å². The molecule has 17 heavy (non-hydrogen) atoms. The predicted octanol–water partition coefficient (Wildman–Crippen LogP) is 3.27. The molecule has 0 aliphatic heterocycles. The maximum Gasteiger partial charge on any atom is 0.253 e. The molecule has 1 aromatic carbocycles. The molecule has 2 rings (SSSR count). The molecule has 0 aliphatic rings. The topological polar surface area (TPSA) is 44.9 Å². The van der Waals surface area contributed by atoms with Crippen LogP contribution in [-0.4, -0.2) is 16.9 Å². The molecule has 2 N–H and O–H groups in total. The lowest BCUT2D eigenvalue weighted by molar-refractivity contribution is 0.0944. The van der Waals surface area contributed by atoms with Crippen molar-refractivity contribution in [2.75, 3.05) is 0 Å². The molecular weight excluding hydrogens is 236 g/mol. The lowest BCUT2D eigenvalue weighted by Gasteiger charge is -2.08. The number of aromatic nitrogens is 1. The van der Waals surface area contributed by atoms with Crippen LogP contribution in [0.5, 0.6) is 0 Å². The highest BCUT2D eigenvalue weighted by atomic mass is 35.5. The first-order valence-electron chi connectivity index (χ1n) is 5.58. The predicted molar refractivity (Wildman–Crippen MR) is 70.6 cm³/mol. The van der Waals surface area contributed by atoms with Gasteiger partial charge in [0.15, 0.2) is 0 Å². The number of carbonyl (C=O) groups excluding carboxylic acids is 1. The largest absolute Gasteiger partial charge is 0.358 e. The van der Waals surface area contributed by atoms with Crippen LogP contribution >= 0.6 is 11.6 Å². The summed E-state index contributed by atoms with van der Waals surface area (Å²) >= 11 is 6.16. The third-order valence-corrected chi connectivity index (χ3v) is 2.92. The van der Waals surface area contributed by atoms with Crippen molar-refractivity contribution in [3.05, 3.63) is 34.5 Å². The Labute approximate surface area is 105 Å². The fourth-order valence-corrected chi connectivity index (χ4v) is 2.22. The van der Waals surface area contributed by atoms with Crippen LogP contribution in [0, 0.1) is 6.92 Å². The summed E-state index contributed by atoms with van der Waals surface area (Å²) in [6, 6.07) is 5.68. The molecule has 0 saturated carbocycles. The molecule has 2 aromatic rings. The summed E-state index contributed by atoms with van der Waals surface area (Å²) < 4.78 is 0. The van der Waals surface area contributed by atoms with Gasteiger partial charge in [-0.25, -0.2) is 0 Å². The SMILES string of the molecule is Cc1[nH]c2cccc(Cl)c2c1C(=O)NC(C)C. The number of hydrogen-bond donors (Lipinski definition) is 2. The van der Waals surface area contributed by atoms with Crippen LogP contribution in [0.4, 0.5) is 0 Å². The van der Waals surface area contributed by atoms with Crippen LogP contribution in [-0.2, 0) is 0 Å². The highest BCUT2D eigenvalue weighted by molar-refractivity contribution is 6.37. The molecular formula is C13H15ClN2O. The Morgan fingerprint density at radius 2 is 2.12 bits per heavy atom. The summed E-state index contributed by atoms with van der Waals surface area (Å²) in [5, 5.41) is 4.28. The highest BCUT2D eigenvalue weighted by Crippen LogP contribution is 2.28. The number of aryl methyl sites for hydroxylation is 1. The lowest BCUT2D eigenvalue weighted by atomic mass is 10.1. The van der Waals surface area contributed by atoms with Gasteiger partial charge < -0.3 is 10.3 Å². The smallest absolute Gasteiger partial charge is 0.253 e. The molecule has 0 radical (unpaired) electrons. The summed E-state index contributed by atoms with van der Waals surface area (Å²) in [5.41, 5.74) is 2.37. The number of amides is 1. The standard InChI is InChI=1S/C13H15ClN2O/c1-7(2)15-13(17)11-8(3)16-10-6-4-5-9(14)12(10)11/h4-7,16H,1-3H3,(H,15,17). The number of nitrogens with one attached hydrogen (secondary N) is 2. The quantitative estimate of drug-likeness (QED) is 0.844. The molecule has 3 nitrogen and oxygen atoms in total. The van der Waals surface area contributed by atoms with Gasteiger partial charge in [-0.2, -0.15) is 0 Å². The Bertz CT molecular complexity index is 572. The molecule has 0 unspecified atom stereocenters. The van der Waals surface area contributed by atoms with Gasteiger partial charge in [0, 0.05) is 22.6 Å². The van der Waals surface area contributed by atoms with E-state index in [9.17, 15) is 4.79 Å². The summed E-state index contributed by atoms with van der Waals surface area (Å²) in [6.07, 6.45) is 0. The minimum absolute atomic E-state index is 0.0862. The van der Waals surface area contributed by atoms with E-state index in [-0.39, 0.29) is 11.9 Å². The number of fused-ring (bicyclic) bond motifs is 1. The van der Waals surface area contributed by atoms with E-state index in [2.05, 4.69) is 10.3 Å².